The first-order chi connectivity index (χ1) is 8.75. The van der Waals surface area contributed by atoms with Gasteiger partial charge < -0.3 is 5.32 Å². The summed E-state index contributed by atoms with van der Waals surface area (Å²) in [5.74, 6) is 0.0773. The number of amides is 1. The molecule has 1 N–H and O–H groups in total. The summed E-state index contributed by atoms with van der Waals surface area (Å²) in [6.07, 6.45) is 2.99. The summed E-state index contributed by atoms with van der Waals surface area (Å²) in [7, 11) is 0. The lowest BCUT2D eigenvalue weighted by atomic mass is 10.1. The van der Waals surface area contributed by atoms with Gasteiger partial charge in [-0.2, -0.15) is 0 Å². The number of nitrogens with zero attached hydrogens (tertiary/aromatic N) is 1. The lowest BCUT2D eigenvalue weighted by Gasteiger charge is -2.07. The van der Waals surface area contributed by atoms with Crippen molar-refractivity contribution in [3.63, 3.8) is 0 Å². The second-order valence-electron chi connectivity index (χ2n) is 4.13. The van der Waals surface area contributed by atoms with E-state index in [2.05, 4.69) is 23.3 Å². The minimum atomic E-state index is 0.0773. The maximum absolute atomic E-state index is 11.7. The van der Waals surface area contributed by atoms with Gasteiger partial charge in [-0.05, 0) is 18.1 Å². The summed E-state index contributed by atoms with van der Waals surface area (Å²) in [6.45, 7) is 2.65. The van der Waals surface area contributed by atoms with Gasteiger partial charge >= 0.3 is 0 Å². The highest BCUT2D eigenvalue weighted by molar-refractivity contribution is 7.09. The molecule has 0 fully saturated rings. The Kier molecular flexibility index (Phi) is 4.47. The highest BCUT2D eigenvalue weighted by Crippen LogP contribution is 2.08. The van der Waals surface area contributed by atoms with Gasteiger partial charge in [0.1, 0.15) is 0 Å². The number of aromatic nitrogens is 1. The number of rotatable bonds is 5. The fourth-order valence-electron chi connectivity index (χ4n) is 1.69. The fraction of sp³-hybridized carbons (Fsp3) is 0.286. The minimum Gasteiger partial charge on any atom is -0.352 e. The van der Waals surface area contributed by atoms with E-state index in [9.17, 15) is 4.79 Å². The van der Waals surface area contributed by atoms with Crippen LogP contribution in [0, 0.1) is 6.92 Å². The number of hydrogen-bond donors (Lipinski definition) is 1. The molecule has 0 atom stereocenters. The SMILES string of the molecule is Cc1ccccc1CNC(=O)CCc1nccs1. The van der Waals surface area contributed by atoms with Crippen LogP contribution in [-0.4, -0.2) is 10.9 Å². The zero-order chi connectivity index (χ0) is 12.8. The molecule has 0 aliphatic rings. The molecule has 1 aromatic heterocycles. The van der Waals surface area contributed by atoms with E-state index in [1.54, 1.807) is 17.5 Å². The molecular formula is C14H16N2OS. The smallest absolute Gasteiger partial charge is 0.220 e. The normalized spacial score (nSPS) is 10.3. The van der Waals surface area contributed by atoms with Crippen molar-refractivity contribution in [1.29, 1.82) is 0 Å². The summed E-state index contributed by atoms with van der Waals surface area (Å²) in [4.78, 5) is 15.8. The van der Waals surface area contributed by atoms with Crippen molar-refractivity contribution in [2.24, 2.45) is 0 Å². The van der Waals surface area contributed by atoms with Crippen LogP contribution < -0.4 is 5.32 Å². The van der Waals surface area contributed by atoms with Crippen LogP contribution in [-0.2, 0) is 17.8 Å². The van der Waals surface area contributed by atoms with E-state index in [0.29, 0.717) is 13.0 Å². The molecule has 2 aromatic rings. The highest BCUT2D eigenvalue weighted by atomic mass is 32.1. The molecule has 2 rings (SSSR count). The quantitative estimate of drug-likeness (QED) is 0.898. The summed E-state index contributed by atoms with van der Waals surface area (Å²) in [5.41, 5.74) is 2.37. The predicted molar refractivity (Wildman–Crippen MR) is 73.5 cm³/mol. The number of carbonyl (C=O) groups excluding carboxylic acids is 1. The van der Waals surface area contributed by atoms with Crippen molar-refractivity contribution in [2.75, 3.05) is 0 Å². The number of benzene rings is 1. The van der Waals surface area contributed by atoms with E-state index >= 15 is 0 Å². The van der Waals surface area contributed by atoms with Crippen molar-refractivity contribution in [3.05, 3.63) is 52.0 Å². The Labute approximate surface area is 111 Å². The molecule has 0 radical (unpaired) electrons. The molecule has 1 amide bonds. The lowest BCUT2D eigenvalue weighted by Crippen LogP contribution is -2.23. The summed E-state index contributed by atoms with van der Waals surface area (Å²) in [6, 6.07) is 8.08. The number of carbonyl (C=O) groups is 1. The molecule has 0 aliphatic heterocycles. The Morgan fingerprint density at radius 1 is 1.39 bits per heavy atom. The van der Waals surface area contributed by atoms with Crippen LogP contribution in [0.3, 0.4) is 0 Å². The third-order valence-electron chi connectivity index (χ3n) is 2.79. The van der Waals surface area contributed by atoms with Crippen LogP contribution in [0.15, 0.2) is 35.8 Å². The Morgan fingerprint density at radius 3 is 2.94 bits per heavy atom. The topological polar surface area (TPSA) is 42.0 Å². The standard InChI is InChI=1S/C14H16N2OS/c1-11-4-2-3-5-12(11)10-16-13(17)6-7-14-15-8-9-18-14/h2-5,8-9H,6-7,10H2,1H3,(H,16,17). The Balaban J connectivity index is 1.77. The molecule has 0 unspecified atom stereocenters. The van der Waals surface area contributed by atoms with E-state index in [4.69, 9.17) is 0 Å². The van der Waals surface area contributed by atoms with Crippen molar-refractivity contribution in [1.82, 2.24) is 10.3 Å². The van der Waals surface area contributed by atoms with Crippen LogP contribution in [0.2, 0.25) is 0 Å². The summed E-state index contributed by atoms with van der Waals surface area (Å²) < 4.78 is 0. The third-order valence-corrected chi connectivity index (χ3v) is 3.63. The fourth-order valence-corrected chi connectivity index (χ4v) is 2.31. The number of aryl methyl sites for hydroxylation is 2. The van der Waals surface area contributed by atoms with E-state index < -0.39 is 0 Å². The van der Waals surface area contributed by atoms with Gasteiger partial charge in [0.25, 0.3) is 0 Å². The van der Waals surface area contributed by atoms with Crippen LogP contribution in [0.1, 0.15) is 22.6 Å². The van der Waals surface area contributed by atoms with Crippen molar-refractivity contribution in [3.8, 4) is 0 Å². The average Bonchev–Trinajstić information content (AvgIpc) is 2.88. The van der Waals surface area contributed by atoms with Crippen molar-refractivity contribution < 1.29 is 4.79 Å². The van der Waals surface area contributed by atoms with Crippen molar-refractivity contribution in [2.45, 2.75) is 26.3 Å². The second-order valence-corrected chi connectivity index (χ2v) is 5.11. The van der Waals surface area contributed by atoms with Gasteiger partial charge in [-0.25, -0.2) is 4.98 Å². The number of nitrogens with one attached hydrogen (secondary N) is 1. The Hall–Kier alpha value is -1.68. The largest absolute Gasteiger partial charge is 0.352 e. The molecular weight excluding hydrogens is 244 g/mol. The van der Waals surface area contributed by atoms with Gasteiger partial charge in [-0.3, -0.25) is 4.79 Å². The lowest BCUT2D eigenvalue weighted by molar-refractivity contribution is -0.121. The van der Waals surface area contributed by atoms with Crippen molar-refractivity contribution >= 4 is 17.2 Å². The van der Waals surface area contributed by atoms with Gasteiger partial charge in [0.05, 0.1) is 5.01 Å². The predicted octanol–water partition coefficient (Wildman–Crippen LogP) is 2.70. The van der Waals surface area contributed by atoms with E-state index in [1.807, 2.05) is 23.6 Å². The summed E-state index contributed by atoms with van der Waals surface area (Å²) >= 11 is 1.59. The number of hydrogen-bond acceptors (Lipinski definition) is 3. The Morgan fingerprint density at radius 2 is 2.22 bits per heavy atom. The van der Waals surface area contributed by atoms with Crippen LogP contribution in [0.4, 0.5) is 0 Å². The maximum Gasteiger partial charge on any atom is 0.220 e. The monoisotopic (exact) mass is 260 g/mol. The first-order valence-electron chi connectivity index (χ1n) is 5.95. The molecule has 0 saturated carbocycles. The highest BCUT2D eigenvalue weighted by Gasteiger charge is 2.04. The van der Waals surface area contributed by atoms with Gasteiger partial charge in [0.15, 0.2) is 0 Å². The van der Waals surface area contributed by atoms with Gasteiger partial charge in [-0.15, -0.1) is 11.3 Å². The van der Waals surface area contributed by atoms with Gasteiger partial charge in [0, 0.05) is 31.0 Å². The van der Waals surface area contributed by atoms with Gasteiger partial charge in [-0.1, -0.05) is 24.3 Å². The molecule has 94 valence electrons. The Bertz CT molecular complexity index is 508. The van der Waals surface area contributed by atoms with Crippen LogP contribution in [0.25, 0.3) is 0 Å². The van der Waals surface area contributed by atoms with E-state index in [1.165, 1.54) is 11.1 Å². The van der Waals surface area contributed by atoms with E-state index in [0.717, 1.165) is 11.4 Å². The molecule has 1 heterocycles. The second kappa shape index (κ2) is 6.31. The average molecular weight is 260 g/mol. The molecule has 18 heavy (non-hydrogen) atoms. The zero-order valence-corrected chi connectivity index (χ0v) is 11.2. The first kappa shape index (κ1) is 12.8. The van der Waals surface area contributed by atoms with Gasteiger partial charge in [0.2, 0.25) is 5.91 Å². The van der Waals surface area contributed by atoms with Crippen LogP contribution >= 0.6 is 11.3 Å². The minimum absolute atomic E-state index is 0.0773. The van der Waals surface area contributed by atoms with Crippen LogP contribution in [0.5, 0.6) is 0 Å². The molecule has 0 spiro atoms. The first-order valence-corrected chi connectivity index (χ1v) is 6.83. The number of thiazole rings is 1. The summed E-state index contributed by atoms with van der Waals surface area (Å²) in [5, 5.41) is 5.89. The third kappa shape index (κ3) is 3.67. The molecule has 0 saturated heterocycles. The maximum atomic E-state index is 11.7. The van der Waals surface area contributed by atoms with E-state index in [-0.39, 0.29) is 5.91 Å². The molecule has 1 aromatic carbocycles. The molecule has 0 aliphatic carbocycles. The molecule has 3 nitrogen and oxygen atoms in total. The molecule has 4 heteroatoms. The molecule has 0 bridgehead atoms. The zero-order valence-electron chi connectivity index (χ0n) is 10.3.